The van der Waals surface area contributed by atoms with E-state index in [1.54, 1.807) is 47.8 Å². The van der Waals surface area contributed by atoms with Crippen molar-refractivity contribution in [2.24, 2.45) is 5.41 Å². The Hall–Kier alpha value is -3.54. The number of hydrogen-bond acceptors (Lipinski definition) is 3. The Labute approximate surface area is 224 Å². The van der Waals surface area contributed by atoms with Crippen LogP contribution in [0.3, 0.4) is 0 Å². The normalized spacial score (nSPS) is 12.7. The number of alkyl halides is 3. The van der Waals surface area contributed by atoms with Crippen molar-refractivity contribution in [1.82, 2.24) is 0 Å². The fourth-order valence-corrected chi connectivity index (χ4v) is 4.63. The highest BCUT2D eigenvalue weighted by atomic mass is 32.2. The molecule has 4 nitrogen and oxygen atoms in total. The fourth-order valence-electron chi connectivity index (χ4n) is 3.55. The van der Waals surface area contributed by atoms with Crippen molar-refractivity contribution in [3.8, 4) is 0 Å². The van der Waals surface area contributed by atoms with Crippen LogP contribution in [-0.2, 0) is 15.8 Å². The molecule has 2 amide bonds. The molecule has 39 heavy (non-hydrogen) atoms. The molecule has 0 saturated carbocycles. The van der Waals surface area contributed by atoms with Crippen molar-refractivity contribution < 1.29 is 40.3 Å². The molecule has 0 spiro atoms. The lowest BCUT2D eigenvalue weighted by atomic mass is 9.92. The minimum atomic E-state index is -5.71. The molecular formula is C27H23F7N2O2S. The lowest BCUT2D eigenvalue weighted by Gasteiger charge is -2.20. The summed E-state index contributed by atoms with van der Waals surface area (Å²) in [6.07, 6.45) is -5.48. The van der Waals surface area contributed by atoms with Gasteiger partial charge in [0.15, 0.2) is 23.3 Å². The number of halogens is 7. The van der Waals surface area contributed by atoms with Gasteiger partial charge in [-0.15, -0.1) is 11.8 Å². The van der Waals surface area contributed by atoms with Crippen molar-refractivity contribution in [1.29, 1.82) is 0 Å². The number of benzene rings is 3. The third kappa shape index (κ3) is 7.53. The van der Waals surface area contributed by atoms with Gasteiger partial charge in [0.25, 0.3) is 0 Å². The molecule has 1 unspecified atom stereocenters. The molecular weight excluding hydrogens is 549 g/mol. The summed E-state index contributed by atoms with van der Waals surface area (Å²) in [6, 6.07) is 14.1. The van der Waals surface area contributed by atoms with Crippen molar-refractivity contribution in [2.75, 3.05) is 10.6 Å². The Morgan fingerprint density at radius 1 is 0.821 bits per heavy atom. The van der Waals surface area contributed by atoms with Gasteiger partial charge >= 0.3 is 6.18 Å². The number of hydrogen-bond donors (Lipinski definition) is 2. The van der Waals surface area contributed by atoms with Gasteiger partial charge in [-0.25, -0.2) is 17.6 Å². The smallest absolute Gasteiger partial charge is 0.326 e. The molecule has 0 heterocycles. The summed E-state index contributed by atoms with van der Waals surface area (Å²) in [5.74, 6) is -11.6. The van der Waals surface area contributed by atoms with Crippen LogP contribution in [0.1, 0.15) is 43.6 Å². The van der Waals surface area contributed by atoms with Crippen molar-refractivity contribution in [2.45, 2.75) is 43.5 Å². The molecule has 1 atom stereocenters. The fraction of sp³-hybridized carbons (Fsp3) is 0.259. The van der Waals surface area contributed by atoms with Gasteiger partial charge in [-0.3, -0.25) is 9.59 Å². The molecule has 3 rings (SSSR count). The van der Waals surface area contributed by atoms with E-state index in [9.17, 15) is 40.3 Å². The predicted octanol–water partition coefficient (Wildman–Crippen LogP) is 8.11. The molecule has 12 heteroatoms. The second-order valence-corrected chi connectivity index (χ2v) is 10.9. The first-order valence-corrected chi connectivity index (χ1v) is 12.3. The molecule has 0 aliphatic rings. The third-order valence-electron chi connectivity index (χ3n) is 5.20. The quantitative estimate of drug-likeness (QED) is 0.171. The summed E-state index contributed by atoms with van der Waals surface area (Å²) >= 11 is 0.875. The number of carbonyl (C=O) groups excluding carboxylic acids is 2. The van der Waals surface area contributed by atoms with Crippen LogP contribution in [0.4, 0.5) is 42.1 Å². The third-order valence-corrected chi connectivity index (χ3v) is 6.45. The van der Waals surface area contributed by atoms with Crippen LogP contribution in [-0.4, -0.2) is 11.8 Å². The summed E-state index contributed by atoms with van der Waals surface area (Å²) < 4.78 is 95.8. The molecule has 3 aromatic rings. The van der Waals surface area contributed by atoms with Gasteiger partial charge in [0.2, 0.25) is 11.8 Å². The second-order valence-electron chi connectivity index (χ2n) is 9.71. The van der Waals surface area contributed by atoms with Crippen LogP contribution in [0, 0.1) is 28.7 Å². The van der Waals surface area contributed by atoms with Crippen molar-refractivity contribution in [3.63, 3.8) is 0 Å². The molecule has 208 valence electrons. The highest BCUT2D eigenvalue weighted by Gasteiger charge is 2.42. The second kappa shape index (κ2) is 11.7. The van der Waals surface area contributed by atoms with E-state index in [1.807, 2.05) is 20.8 Å². The van der Waals surface area contributed by atoms with Gasteiger partial charge in [0.05, 0.1) is 0 Å². The van der Waals surface area contributed by atoms with Crippen molar-refractivity contribution >= 4 is 35.0 Å². The van der Waals surface area contributed by atoms with E-state index in [-0.39, 0.29) is 17.7 Å². The summed E-state index contributed by atoms with van der Waals surface area (Å²) in [5, 5.41) is 3.18. The summed E-state index contributed by atoms with van der Waals surface area (Å²) in [7, 11) is 0. The molecule has 0 aromatic heterocycles. The van der Waals surface area contributed by atoms with Gasteiger partial charge in [-0.1, -0.05) is 57.2 Å². The minimum Gasteiger partial charge on any atom is -0.326 e. The zero-order valence-electron chi connectivity index (χ0n) is 20.9. The zero-order chi connectivity index (χ0) is 29.1. The largest absolute Gasteiger partial charge is 0.422 e. The topological polar surface area (TPSA) is 58.2 Å². The summed E-state index contributed by atoms with van der Waals surface area (Å²) in [5.41, 5.74) is -3.97. The van der Waals surface area contributed by atoms with Crippen LogP contribution >= 0.6 is 11.8 Å². The first-order valence-electron chi connectivity index (χ1n) is 11.4. The SMILES string of the molecule is CC(C)(C)CC(=O)Nc1cccc(SC(C(=O)Nc2c(F)c(F)c(C(F)(F)F)c(F)c2F)c2ccccc2)c1. The van der Waals surface area contributed by atoms with Crippen LogP contribution in [0.15, 0.2) is 59.5 Å². The molecule has 0 aliphatic heterocycles. The molecule has 0 radical (unpaired) electrons. The van der Waals surface area contributed by atoms with Gasteiger partial charge in [0.1, 0.15) is 16.5 Å². The minimum absolute atomic E-state index is 0.233. The maximum atomic E-state index is 14.4. The maximum Gasteiger partial charge on any atom is 0.422 e. The number of carbonyl (C=O) groups is 2. The van der Waals surface area contributed by atoms with E-state index in [4.69, 9.17) is 0 Å². The average Bonchev–Trinajstić information content (AvgIpc) is 2.82. The van der Waals surface area contributed by atoms with Gasteiger partial charge in [-0.05, 0) is 29.2 Å². The Kier molecular flexibility index (Phi) is 8.99. The zero-order valence-corrected chi connectivity index (χ0v) is 21.7. The highest BCUT2D eigenvalue weighted by Crippen LogP contribution is 2.41. The molecule has 2 N–H and O–H groups in total. The molecule has 0 fully saturated rings. The summed E-state index contributed by atoms with van der Waals surface area (Å²) in [6.45, 7) is 5.67. The van der Waals surface area contributed by atoms with E-state index in [0.29, 0.717) is 16.1 Å². The summed E-state index contributed by atoms with van der Waals surface area (Å²) in [4.78, 5) is 25.9. The number of amides is 2. The van der Waals surface area contributed by atoms with E-state index < -0.39 is 51.9 Å². The number of anilines is 2. The number of rotatable bonds is 7. The Balaban J connectivity index is 1.94. The van der Waals surface area contributed by atoms with E-state index in [0.717, 1.165) is 11.8 Å². The van der Waals surface area contributed by atoms with E-state index in [1.165, 1.54) is 12.1 Å². The van der Waals surface area contributed by atoms with Crippen LogP contribution in [0.2, 0.25) is 0 Å². The van der Waals surface area contributed by atoms with Gasteiger partial charge < -0.3 is 10.6 Å². The highest BCUT2D eigenvalue weighted by molar-refractivity contribution is 8.00. The number of thioether (sulfide) groups is 1. The Bertz CT molecular complexity index is 1340. The molecule has 0 saturated heterocycles. The van der Waals surface area contributed by atoms with Crippen LogP contribution in [0.25, 0.3) is 0 Å². The van der Waals surface area contributed by atoms with Crippen LogP contribution in [0.5, 0.6) is 0 Å². The first-order chi connectivity index (χ1) is 18.1. The van der Waals surface area contributed by atoms with Gasteiger partial charge in [-0.2, -0.15) is 13.2 Å². The predicted molar refractivity (Wildman–Crippen MR) is 134 cm³/mol. The number of nitrogens with one attached hydrogen (secondary N) is 2. The molecule has 3 aromatic carbocycles. The van der Waals surface area contributed by atoms with Crippen LogP contribution < -0.4 is 10.6 Å². The Morgan fingerprint density at radius 2 is 1.41 bits per heavy atom. The molecule has 0 bridgehead atoms. The van der Waals surface area contributed by atoms with Gasteiger partial charge in [0, 0.05) is 17.0 Å². The first kappa shape index (κ1) is 30.0. The standard InChI is InChI=1S/C27H23F7N2O2S/c1-26(2,3)13-17(37)35-15-10-7-11-16(12-15)39-24(14-8-5-4-6-9-14)25(38)36-23-21(30)19(28)18(27(32,33)34)20(29)22(23)31/h4-12,24H,13H2,1-3H3,(H,35,37)(H,36,38). The maximum absolute atomic E-state index is 14.4. The van der Waals surface area contributed by atoms with Crippen molar-refractivity contribution in [3.05, 3.63) is 89.0 Å². The lowest BCUT2D eigenvalue weighted by molar-refractivity contribution is -0.143. The Morgan fingerprint density at radius 3 is 1.95 bits per heavy atom. The lowest BCUT2D eigenvalue weighted by Crippen LogP contribution is -2.23. The monoisotopic (exact) mass is 572 g/mol. The average molecular weight is 573 g/mol. The van der Waals surface area contributed by atoms with E-state index in [2.05, 4.69) is 5.32 Å². The van der Waals surface area contributed by atoms with E-state index >= 15 is 0 Å². The molecule has 0 aliphatic carbocycles.